The highest BCUT2D eigenvalue weighted by Gasteiger charge is 2.15. The second kappa shape index (κ2) is 9.80. The predicted octanol–water partition coefficient (Wildman–Crippen LogP) is 3.88. The number of hydrogen-bond donors (Lipinski definition) is 2. The van der Waals surface area contributed by atoms with Gasteiger partial charge in [0.05, 0.1) is 32.9 Å². The van der Waals surface area contributed by atoms with Crippen LogP contribution in [-0.2, 0) is 21.4 Å². The van der Waals surface area contributed by atoms with Crippen LogP contribution in [0.3, 0.4) is 0 Å². The second-order valence-corrected chi connectivity index (χ2v) is 8.59. The summed E-state index contributed by atoms with van der Waals surface area (Å²) in [5.41, 5.74) is 1.02. The van der Waals surface area contributed by atoms with Gasteiger partial charge in [0.2, 0.25) is 0 Å². The molecule has 0 saturated heterocycles. The van der Waals surface area contributed by atoms with E-state index in [1.807, 2.05) is 6.07 Å². The van der Waals surface area contributed by atoms with Crippen LogP contribution in [0.5, 0.6) is 5.75 Å². The number of pyridine rings is 1. The van der Waals surface area contributed by atoms with Gasteiger partial charge < -0.3 is 10.1 Å². The Morgan fingerprint density at radius 1 is 1.00 bits per heavy atom. The molecule has 0 saturated carbocycles. The van der Waals surface area contributed by atoms with Crippen molar-refractivity contribution in [3.8, 4) is 5.75 Å². The van der Waals surface area contributed by atoms with Crippen molar-refractivity contribution in [1.29, 1.82) is 0 Å². The van der Waals surface area contributed by atoms with E-state index in [1.165, 1.54) is 42.5 Å². The number of benzene rings is 2. The number of hydrogen-bond acceptors (Lipinski definition) is 5. The molecule has 0 unspecified atom stereocenters. The molecular formula is C20H17Cl2N3O4S. The van der Waals surface area contributed by atoms with Gasteiger partial charge in [-0.05, 0) is 54.6 Å². The van der Waals surface area contributed by atoms with Crippen LogP contribution < -0.4 is 14.8 Å². The van der Waals surface area contributed by atoms with E-state index in [0.29, 0.717) is 17.3 Å². The van der Waals surface area contributed by atoms with Crippen LogP contribution in [0.15, 0.2) is 71.8 Å². The molecule has 0 aliphatic rings. The molecule has 1 amide bonds. The zero-order valence-corrected chi connectivity index (χ0v) is 17.8. The van der Waals surface area contributed by atoms with E-state index in [1.54, 1.807) is 18.3 Å². The molecule has 156 valence electrons. The van der Waals surface area contributed by atoms with Crippen molar-refractivity contribution in [1.82, 2.24) is 10.3 Å². The lowest BCUT2D eigenvalue weighted by molar-refractivity contribution is -0.123. The average Bonchev–Trinajstić information content (AvgIpc) is 2.74. The summed E-state index contributed by atoms with van der Waals surface area (Å²) in [4.78, 5) is 16.0. The van der Waals surface area contributed by atoms with E-state index in [4.69, 9.17) is 27.9 Å². The Labute approximate surface area is 184 Å². The van der Waals surface area contributed by atoms with Crippen molar-refractivity contribution < 1.29 is 17.9 Å². The average molecular weight is 466 g/mol. The Morgan fingerprint density at radius 3 is 2.43 bits per heavy atom. The van der Waals surface area contributed by atoms with Crippen LogP contribution in [0.1, 0.15) is 5.69 Å². The van der Waals surface area contributed by atoms with Crippen molar-refractivity contribution >= 4 is 44.8 Å². The maximum Gasteiger partial charge on any atom is 0.261 e. The number of anilines is 1. The number of ether oxygens (including phenoxy) is 1. The third-order valence-corrected chi connectivity index (χ3v) is 6.00. The molecule has 0 fully saturated rings. The molecule has 0 spiro atoms. The normalized spacial score (nSPS) is 11.0. The molecule has 0 aliphatic carbocycles. The van der Waals surface area contributed by atoms with Gasteiger partial charge in [-0.1, -0.05) is 29.3 Å². The first-order valence-electron chi connectivity index (χ1n) is 8.71. The zero-order chi connectivity index (χ0) is 21.6. The van der Waals surface area contributed by atoms with Crippen LogP contribution >= 0.6 is 23.2 Å². The van der Waals surface area contributed by atoms with Gasteiger partial charge in [-0.25, -0.2) is 8.42 Å². The minimum atomic E-state index is -3.82. The highest BCUT2D eigenvalue weighted by molar-refractivity contribution is 7.92. The molecule has 30 heavy (non-hydrogen) atoms. The summed E-state index contributed by atoms with van der Waals surface area (Å²) in [6, 6.07) is 15.5. The van der Waals surface area contributed by atoms with E-state index < -0.39 is 10.0 Å². The lowest BCUT2D eigenvalue weighted by Crippen LogP contribution is -2.28. The fourth-order valence-electron chi connectivity index (χ4n) is 2.38. The predicted molar refractivity (Wildman–Crippen MR) is 115 cm³/mol. The summed E-state index contributed by atoms with van der Waals surface area (Å²) < 4.78 is 32.8. The lowest BCUT2D eigenvalue weighted by atomic mass is 10.3. The molecule has 0 bridgehead atoms. The van der Waals surface area contributed by atoms with Gasteiger partial charge >= 0.3 is 0 Å². The number of halogens is 2. The monoisotopic (exact) mass is 465 g/mol. The first-order chi connectivity index (χ1) is 14.3. The minimum absolute atomic E-state index is 0.0283. The third kappa shape index (κ3) is 6.09. The van der Waals surface area contributed by atoms with Crippen LogP contribution in [0.2, 0.25) is 10.0 Å². The van der Waals surface area contributed by atoms with E-state index >= 15 is 0 Å². The standard InChI is InChI=1S/C20H17Cl2N3O4S/c21-18-9-4-14(11-19(18)22)25-30(27,28)17-7-5-16(6-8-17)29-13-20(26)24-12-15-3-1-2-10-23-15/h1-11,25H,12-13H2,(H,24,26). The Balaban J connectivity index is 1.54. The molecule has 3 aromatic rings. The molecule has 0 aliphatic heterocycles. The molecule has 1 heterocycles. The SMILES string of the molecule is O=C(COc1ccc(S(=O)(=O)Nc2ccc(Cl)c(Cl)c2)cc1)NCc1ccccn1. The summed E-state index contributed by atoms with van der Waals surface area (Å²) in [7, 11) is -3.82. The van der Waals surface area contributed by atoms with Crippen LogP contribution in [-0.4, -0.2) is 25.9 Å². The van der Waals surface area contributed by atoms with Crippen molar-refractivity contribution in [2.75, 3.05) is 11.3 Å². The first kappa shape index (κ1) is 21.9. The highest BCUT2D eigenvalue weighted by atomic mass is 35.5. The number of sulfonamides is 1. The number of aromatic nitrogens is 1. The lowest BCUT2D eigenvalue weighted by Gasteiger charge is -2.10. The molecule has 2 N–H and O–H groups in total. The molecular weight excluding hydrogens is 449 g/mol. The van der Waals surface area contributed by atoms with Gasteiger partial charge in [-0.2, -0.15) is 0 Å². The first-order valence-corrected chi connectivity index (χ1v) is 10.9. The number of carbonyl (C=O) groups excluding carboxylic acids is 1. The number of amides is 1. The molecule has 1 aromatic heterocycles. The van der Waals surface area contributed by atoms with Gasteiger partial charge in [0.1, 0.15) is 5.75 Å². The maximum absolute atomic E-state index is 12.5. The number of nitrogens with one attached hydrogen (secondary N) is 2. The van der Waals surface area contributed by atoms with Gasteiger partial charge in [-0.3, -0.25) is 14.5 Å². The largest absolute Gasteiger partial charge is 0.484 e. The third-order valence-electron chi connectivity index (χ3n) is 3.87. The van der Waals surface area contributed by atoms with Gasteiger partial charge in [0, 0.05) is 6.20 Å². The number of rotatable bonds is 8. The fraction of sp³-hybridized carbons (Fsp3) is 0.100. The number of nitrogens with zero attached hydrogens (tertiary/aromatic N) is 1. The molecule has 2 aromatic carbocycles. The van der Waals surface area contributed by atoms with Crippen molar-refractivity contribution in [2.45, 2.75) is 11.4 Å². The van der Waals surface area contributed by atoms with Crippen molar-refractivity contribution in [2.24, 2.45) is 0 Å². The summed E-state index contributed by atoms with van der Waals surface area (Å²) in [5.74, 6) is 0.0371. The summed E-state index contributed by atoms with van der Waals surface area (Å²) in [6.07, 6.45) is 1.64. The fourth-order valence-corrected chi connectivity index (χ4v) is 3.73. The highest BCUT2D eigenvalue weighted by Crippen LogP contribution is 2.26. The topological polar surface area (TPSA) is 97.4 Å². The van der Waals surface area contributed by atoms with Crippen LogP contribution in [0, 0.1) is 0 Å². The van der Waals surface area contributed by atoms with Crippen LogP contribution in [0.4, 0.5) is 5.69 Å². The minimum Gasteiger partial charge on any atom is -0.484 e. The maximum atomic E-state index is 12.5. The van der Waals surface area contributed by atoms with Crippen molar-refractivity contribution in [3.05, 3.63) is 82.6 Å². The Morgan fingerprint density at radius 2 is 1.77 bits per heavy atom. The van der Waals surface area contributed by atoms with Crippen molar-refractivity contribution in [3.63, 3.8) is 0 Å². The van der Waals surface area contributed by atoms with E-state index in [-0.39, 0.29) is 28.1 Å². The van der Waals surface area contributed by atoms with Gasteiger partial charge in [-0.15, -0.1) is 0 Å². The second-order valence-electron chi connectivity index (χ2n) is 6.09. The Kier molecular flexibility index (Phi) is 7.15. The summed E-state index contributed by atoms with van der Waals surface area (Å²) in [6.45, 7) is 0.0844. The van der Waals surface area contributed by atoms with Crippen LogP contribution in [0.25, 0.3) is 0 Å². The van der Waals surface area contributed by atoms with Gasteiger partial charge in [0.15, 0.2) is 6.61 Å². The quantitative estimate of drug-likeness (QED) is 0.525. The Hall–Kier alpha value is -2.81. The zero-order valence-electron chi connectivity index (χ0n) is 15.5. The molecule has 7 nitrogen and oxygen atoms in total. The van der Waals surface area contributed by atoms with E-state index in [9.17, 15) is 13.2 Å². The smallest absolute Gasteiger partial charge is 0.261 e. The van der Waals surface area contributed by atoms with Gasteiger partial charge in [0.25, 0.3) is 15.9 Å². The molecule has 0 atom stereocenters. The molecule has 3 rings (SSSR count). The summed E-state index contributed by atoms with van der Waals surface area (Å²) in [5, 5.41) is 3.25. The number of carbonyl (C=O) groups is 1. The Bertz CT molecular complexity index is 1120. The molecule has 0 radical (unpaired) electrons. The summed E-state index contributed by atoms with van der Waals surface area (Å²) >= 11 is 11.7. The van der Waals surface area contributed by atoms with E-state index in [2.05, 4.69) is 15.0 Å². The van der Waals surface area contributed by atoms with E-state index in [0.717, 1.165) is 5.69 Å². The molecule has 10 heteroatoms.